The van der Waals surface area contributed by atoms with E-state index in [9.17, 15) is 24.6 Å². The minimum absolute atomic E-state index is 0.0239. The van der Waals surface area contributed by atoms with Gasteiger partial charge < -0.3 is 58.3 Å². The highest BCUT2D eigenvalue weighted by molar-refractivity contribution is 6.10. The Kier molecular flexibility index (Phi) is 21.1. The van der Waals surface area contributed by atoms with Crippen molar-refractivity contribution in [3.63, 3.8) is 0 Å². The van der Waals surface area contributed by atoms with E-state index in [-0.39, 0.29) is 66.3 Å². The van der Waals surface area contributed by atoms with Crippen LogP contribution < -0.4 is 28.4 Å². The van der Waals surface area contributed by atoms with Gasteiger partial charge in [-0.3, -0.25) is 14.4 Å². The number of rotatable bonds is 25. The Morgan fingerprint density at radius 2 is 0.675 bits per heavy atom. The molecule has 15 heteroatoms. The number of hydrogen-bond acceptors (Lipinski definition) is 15. The standard InChI is InChI=1S/C36H40O7.C19H18O5.C13H10O3/c1-5-29(37)22-41-33-18-10-27(11-19-33)36(2,3)28-12-20-34(21-13-28)43-24-30(38)23-42-32-16-8-26(9-17-32)35(39)25-6-14-31(40-4)15-7-25;20-19(13-1-5-15(6-2-13)21-9-17-11-23-17)14-3-7-16(8-4-14)22-10-18-12-24-18;14-11-5-1-9(2-6-11)13(16)10-3-7-12(15)8-4-10/h6-21,29-30,37-38H,5,22-24H2,1-4H3;1-8,17-18H,9-12H2;1-8,14-15H. The molecule has 0 saturated carbocycles. The molecule has 2 heterocycles. The van der Waals surface area contributed by atoms with Crippen LogP contribution in [-0.4, -0.2) is 116 Å². The summed E-state index contributed by atoms with van der Waals surface area (Å²) in [5.41, 5.74) is 5.39. The minimum Gasteiger partial charge on any atom is -0.508 e. The van der Waals surface area contributed by atoms with Crippen molar-refractivity contribution < 1.29 is 72.7 Å². The number of hydrogen-bond donors (Lipinski definition) is 4. The molecule has 0 radical (unpaired) electrons. The maximum Gasteiger partial charge on any atom is 0.193 e. The van der Waals surface area contributed by atoms with E-state index < -0.39 is 12.2 Å². The number of ketones is 3. The number of carbonyl (C=O) groups excluding carboxylic acids is 3. The van der Waals surface area contributed by atoms with Gasteiger partial charge in [-0.05, 0) is 187 Å². The van der Waals surface area contributed by atoms with Gasteiger partial charge in [0.1, 0.15) is 97.3 Å². The van der Waals surface area contributed by atoms with E-state index in [1.165, 1.54) is 24.3 Å². The lowest BCUT2D eigenvalue weighted by Gasteiger charge is -2.26. The Morgan fingerprint density at radius 1 is 0.422 bits per heavy atom. The molecule has 2 saturated heterocycles. The van der Waals surface area contributed by atoms with Crippen molar-refractivity contribution in [1.82, 2.24) is 0 Å². The van der Waals surface area contributed by atoms with Gasteiger partial charge in [-0.25, -0.2) is 0 Å². The number of phenolic OH excluding ortho intramolecular Hbond substituents is 2. The number of ether oxygens (including phenoxy) is 8. The molecular formula is C68H68O15. The van der Waals surface area contributed by atoms with E-state index in [1.54, 1.807) is 104 Å². The van der Waals surface area contributed by atoms with Crippen molar-refractivity contribution in [3.8, 4) is 46.0 Å². The molecule has 2 aliphatic rings. The van der Waals surface area contributed by atoms with E-state index in [0.29, 0.717) is 70.3 Å². The first-order valence-corrected chi connectivity index (χ1v) is 27.2. The predicted molar refractivity (Wildman–Crippen MR) is 313 cm³/mol. The fourth-order valence-corrected chi connectivity index (χ4v) is 8.13. The molecule has 0 bridgehead atoms. The molecule has 83 heavy (non-hydrogen) atoms. The summed E-state index contributed by atoms with van der Waals surface area (Å²) in [6, 6.07) is 56.0. The highest BCUT2D eigenvalue weighted by atomic mass is 16.6. The van der Waals surface area contributed by atoms with Gasteiger partial charge in [-0.1, -0.05) is 45.0 Å². The lowest BCUT2D eigenvalue weighted by molar-refractivity contribution is 0.0626. The third-order valence-electron chi connectivity index (χ3n) is 13.6. The smallest absolute Gasteiger partial charge is 0.193 e. The third-order valence-corrected chi connectivity index (χ3v) is 13.6. The van der Waals surface area contributed by atoms with Gasteiger partial charge in [0.2, 0.25) is 0 Å². The molecule has 4 N–H and O–H groups in total. The maximum absolute atomic E-state index is 12.7. The Hall–Kier alpha value is -8.99. The number of benzene rings is 8. The predicted octanol–water partition coefficient (Wildman–Crippen LogP) is 11.0. The second-order valence-electron chi connectivity index (χ2n) is 20.2. The number of aliphatic hydroxyl groups excluding tert-OH is 2. The molecule has 8 aromatic carbocycles. The topological polar surface area (TPSA) is 213 Å². The Morgan fingerprint density at radius 3 is 0.952 bits per heavy atom. The summed E-state index contributed by atoms with van der Waals surface area (Å²) in [7, 11) is 1.58. The summed E-state index contributed by atoms with van der Waals surface area (Å²) in [4.78, 5) is 37.1. The number of epoxide rings is 2. The van der Waals surface area contributed by atoms with Crippen LogP contribution in [0.2, 0.25) is 0 Å². The molecule has 0 aliphatic carbocycles. The second kappa shape index (κ2) is 29.1. The van der Waals surface area contributed by atoms with Crippen molar-refractivity contribution in [2.24, 2.45) is 0 Å². The molecule has 0 aromatic heterocycles. The zero-order valence-corrected chi connectivity index (χ0v) is 46.7. The van der Waals surface area contributed by atoms with Crippen molar-refractivity contribution in [3.05, 3.63) is 239 Å². The van der Waals surface area contributed by atoms with Gasteiger partial charge in [0.15, 0.2) is 17.3 Å². The van der Waals surface area contributed by atoms with Gasteiger partial charge in [-0.2, -0.15) is 0 Å². The van der Waals surface area contributed by atoms with Gasteiger partial charge in [0.05, 0.1) is 26.4 Å². The molecule has 4 unspecified atom stereocenters. The summed E-state index contributed by atoms with van der Waals surface area (Å²) in [5, 5.41) is 38.3. The van der Waals surface area contributed by atoms with Crippen LogP contribution in [0.5, 0.6) is 46.0 Å². The fourth-order valence-electron chi connectivity index (χ4n) is 8.13. The quantitative estimate of drug-likeness (QED) is 0.0310. The zero-order valence-electron chi connectivity index (χ0n) is 46.7. The molecule has 0 spiro atoms. The van der Waals surface area contributed by atoms with Crippen LogP contribution in [-0.2, 0) is 14.9 Å². The highest BCUT2D eigenvalue weighted by Gasteiger charge is 2.25. The monoisotopic (exact) mass is 1120 g/mol. The minimum atomic E-state index is -0.837. The maximum atomic E-state index is 12.7. The number of aliphatic hydroxyl groups is 2. The summed E-state index contributed by atoms with van der Waals surface area (Å²) >= 11 is 0. The van der Waals surface area contributed by atoms with Crippen LogP contribution in [0, 0.1) is 0 Å². The van der Waals surface area contributed by atoms with Crippen LogP contribution >= 0.6 is 0 Å². The van der Waals surface area contributed by atoms with Gasteiger partial charge in [-0.15, -0.1) is 0 Å². The fraction of sp³-hybridized carbons (Fsp3) is 0.250. The summed E-state index contributed by atoms with van der Waals surface area (Å²) < 4.78 is 43.6. The molecular weight excluding hydrogens is 1060 g/mol. The highest BCUT2D eigenvalue weighted by Crippen LogP contribution is 2.34. The molecule has 8 aromatic rings. The van der Waals surface area contributed by atoms with E-state index >= 15 is 0 Å². The van der Waals surface area contributed by atoms with Crippen LogP contribution in [0.4, 0.5) is 0 Å². The van der Waals surface area contributed by atoms with E-state index in [0.717, 1.165) is 41.6 Å². The van der Waals surface area contributed by atoms with Crippen LogP contribution in [0.25, 0.3) is 0 Å². The summed E-state index contributed by atoms with van der Waals surface area (Å²) in [6.45, 7) is 9.28. The van der Waals surface area contributed by atoms with Crippen molar-refractivity contribution >= 4 is 17.3 Å². The molecule has 15 nitrogen and oxygen atoms in total. The lowest BCUT2D eigenvalue weighted by Crippen LogP contribution is -2.25. The van der Waals surface area contributed by atoms with Gasteiger partial charge in [0.25, 0.3) is 0 Å². The SMILES string of the molecule is CCC(O)COc1ccc(C(C)(C)c2ccc(OCC(O)COc3ccc(C(=O)c4ccc(OC)cc4)cc3)cc2)cc1.O=C(c1ccc(O)cc1)c1ccc(O)cc1.O=C(c1ccc(OCC2CO2)cc1)c1ccc(OCC2CO2)cc1. The summed E-state index contributed by atoms with van der Waals surface area (Å²) in [5.74, 6) is 4.11. The zero-order chi connectivity index (χ0) is 58.7. The molecule has 4 atom stereocenters. The first kappa shape index (κ1) is 60.1. The molecule has 430 valence electrons. The van der Waals surface area contributed by atoms with Crippen LogP contribution in [0.1, 0.15) is 86.1 Å². The lowest BCUT2D eigenvalue weighted by atomic mass is 9.78. The number of aromatic hydroxyl groups is 2. The molecule has 10 rings (SSSR count). The number of methoxy groups -OCH3 is 1. The Balaban J connectivity index is 0.000000186. The third kappa shape index (κ3) is 18.3. The first-order chi connectivity index (χ1) is 40.1. The van der Waals surface area contributed by atoms with Gasteiger partial charge >= 0.3 is 0 Å². The van der Waals surface area contributed by atoms with Crippen molar-refractivity contribution in [1.29, 1.82) is 0 Å². The normalized spacial score (nSPS) is 14.6. The first-order valence-electron chi connectivity index (χ1n) is 27.2. The average Bonchev–Trinajstić information content (AvgIpc) is 4.59. The molecule has 0 amide bonds. The Labute approximate surface area is 483 Å². The summed E-state index contributed by atoms with van der Waals surface area (Å²) in [6.07, 6.45) is -0.205. The van der Waals surface area contributed by atoms with Gasteiger partial charge in [0, 0.05) is 38.8 Å². The molecule has 2 fully saturated rings. The van der Waals surface area contributed by atoms with Crippen molar-refractivity contribution in [2.45, 2.75) is 57.0 Å². The second-order valence-corrected chi connectivity index (χ2v) is 20.2. The number of carbonyl (C=O) groups is 3. The Bertz CT molecular complexity index is 3190. The van der Waals surface area contributed by atoms with Crippen LogP contribution in [0.3, 0.4) is 0 Å². The van der Waals surface area contributed by atoms with E-state index in [1.807, 2.05) is 79.7 Å². The van der Waals surface area contributed by atoms with E-state index in [2.05, 4.69) is 13.8 Å². The number of phenols is 2. The van der Waals surface area contributed by atoms with Crippen LogP contribution in [0.15, 0.2) is 194 Å². The van der Waals surface area contributed by atoms with E-state index in [4.69, 9.17) is 48.1 Å². The average molecular weight is 1130 g/mol. The largest absolute Gasteiger partial charge is 0.508 e. The molecule has 2 aliphatic heterocycles. The van der Waals surface area contributed by atoms with Crippen molar-refractivity contribution in [2.75, 3.05) is 53.4 Å².